The van der Waals surface area contributed by atoms with Crippen LogP contribution in [0.15, 0.2) is 12.2 Å². The van der Waals surface area contributed by atoms with E-state index < -0.39 is 18.2 Å². The van der Waals surface area contributed by atoms with Crippen molar-refractivity contribution in [1.29, 1.82) is 0 Å². The van der Waals surface area contributed by atoms with Gasteiger partial charge in [-0.15, -0.1) is 0 Å². The molecule has 0 spiro atoms. The van der Waals surface area contributed by atoms with Crippen LogP contribution >= 0.6 is 22.6 Å². The third-order valence-corrected chi connectivity index (χ3v) is 4.84. The van der Waals surface area contributed by atoms with Gasteiger partial charge in [-0.1, -0.05) is 34.7 Å². The summed E-state index contributed by atoms with van der Waals surface area (Å²) in [5, 5.41) is 27.8. The first-order chi connectivity index (χ1) is 8.02. The predicted molar refractivity (Wildman–Crippen MR) is 73.2 cm³/mol. The molecule has 5 heteroatoms. The molecule has 0 aromatic heterocycles. The van der Waals surface area contributed by atoms with Crippen LogP contribution in [-0.2, 0) is 4.79 Å². The molecule has 0 radical (unpaired) electrons. The Morgan fingerprint density at radius 2 is 2.00 bits per heavy atom. The number of halogens is 1. The molecule has 3 N–H and O–H groups in total. The summed E-state index contributed by atoms with van der Waals surface area (Å²) < 4.78 is 0.103. The van der Waals surface area contributed by atoms with Gasteiger partial charge >= 0.3 is 5.97 Å². The molecule has 1 saturated carbocycles. The van der Waals surface area contributed by atoms with Gasteiger partial charge < -0.3 is 15.3 Å². The van der Waals surface area contributed by atoms with Crippen molar-refractivity contribution in [1.82, 2.24) is 0 Å². The summed E-state index contributed by atoms with van der Waals surface area (Å²) >= 11 is 2.19. The number of alkyl halides is 1. The molecule has 1 fully saturated rings. The smallest absolute Gasteiger partial charge is 0.303 e. The predicted octanol–water partition coefficient (Wildman–Crippen LogP) is 1.73. The summed E-state index contributed by atoms with van der Waals surface area (Å²) in [5.74, 6) is -0.651. The van der Waals surface area contributed by atoms with Gasteiger partial charge in [0.25, 0.3) is 0 Å². The highest BCUT2D eigenvalue weighted by atomic mass is 127. The Morgan fingerprint density at radius 3 is 2.53 bits per heavy atom. The first-order valence-electron chi connectivity index (χ1n) is 5.89. The lowest BCUT2D eigenvalue weighted by atomic mass is 10.0. The topological polar surface area (TPSA) is 77.8 Å². The van der Waals surface area contributed by atoms with Gasteiger partial charge in [0.15, 0.2) is 0 Å². The normalized spacial score (nSPS) is 33.4. The molecule has 4 nitrogen and oxygen atoms in total. The number of allylic oxidation sites excluding steroid dienone is 2. The largest absolute Gasteiger partial charge is 0.481 e. The van der Waals surface area contributed by atoms with E-state index in [-0.39, 0.29) is 16.3 Å². The van der Waals surface area contributed by atoms with E-state index in [1.807, 2.05) is 12.2 Å². The van der Waals surface area contributed by atoms with Crippen molar-refractivity contribution in [3.63, 3.8) is 0 Å². The van der Waals surface area contributed by atoms with Crippen LogP contribution in [0.4, 0.5) is 0 Å². The zero-order valence-electron chi connectivity index (χ0n) is 9.63. The number of aliphatic carboxylic acids is 1. The van der Waals surface area contributed by atoms with Gasteiger partial charge in [0.1, 0.15) is 0 Å². The second kappa shape index (κ2) is 7.33. The molecule has 0 bridgehead atoms. The zero-order valence-corrected chi connectivity index (χ0v) is 11.8. The molecule has 1 aliphatic rings. The minimum absolute atomic E-state index is 0.103. The summed E-state index contributed by atoms with van der Waals surface area (Å²) in [6.45, 7) is 0. The van der Waals surface area contributed by atoms with Crippen LogP contribution in [0.2, 0.25) is 0 Å². The second-order valence-corrected chi connectivity index (χ2v) is 5.91. The van der Waals surface area contributed by atoms with Crippen LogP contribution in [-0.4, -0.2) is 37.4 Å². The standard InChI is InChI=1S/C12H19IO4/c13-12-8(9(14)7-10(12)15)5-3-1-2-4-6-11(16)17/h1,3,8-10,12,14-15H,2,4-7H2,(H,16,17)/b3-1-/t8-,9-,10+,12+/m0/s1. The van der Waals surface area contributed by atoms with E-state index in [1.54, 1.807) is 0 Å². The molecule has 0 amide bonds. The average Bonchev–Trinajstić information content (AvgIpc) is 2.48. The Bertz CT molecular complexity index is 280. The van der Waals surface area contributed by atoms with Crippen molar-refractivity contribution >= 4 is 28.6 Å². The van der Waals surface area contributed by atoms with Crippen molar-refractivity contribution in [2.45, 2.75) is 48.2 Å². The highest BCUT2D eigenvalue weighted by Crippen LogP contribution is 2.35. The number of carbonyl (C=O) groups is 1. The first kappa shape index (κ1) is 14.9. The van der Waals surface area contributed by atoms with Crippen LogP contribution in [0.1, 0.15) is 32.1 Å². The lowest BCUT2D eigenvalue weighted by Gasteiger charge is -2.16. The molecule has 17 heavy (non-hydrogen) atoms. The highest BCUT2D eigenvalue weighted by molar-refractivity contribution is 14.1. The number of unbranched alkanes of at least 4 members (excludes halogenated alkanes) is 1. The van der Waals surface area contributed by atoms with Gasteiger partial charge in [0.05, 0.1) is 12.2 Å². The number of aliphatic hydroxyl groups excluding tert-OH is 2. The quantitative estimate of drug-likeness (QED) is 0.294. The Hall–Kier alpha value is -0.140. The summed E-state index contributed by atoms with van der Waals surface area (Å²) in [5.41, 5.74) is 0. The Labute approximate surface area is 115 Å². The van der Waals surface area contributed by atoms with Crippen LogP contribution < -0.4 is 0 Å². The van der Waals surface area contributed by atoms with Gasteiger partial charge in [-0.05, 0) is 19.3 Å². The van der Waals surface area contributed by atoms with Crippen LogP contribution in [0.3, 0.4) is 0 Å². The molecule has 1 rings (SSSR count). The molecular formula is C12H19IO4. The third-order valence-electron chi connectivity index (χ3n) is 3.09. The third kappa shape index (κ3) is 4.93. The molecule has 0 heterocycles. The molecule has 0 aromatic carbocycles. The molecule has 0 saturated heterocycles. The number of rotatable bonds is 6. The first-order valence-corrected chi connectivity index (χ1v) is 7.14. The van der Waals surface area contributed by atoms with E-state index in [2.05, 4.69) is 22.6 Å². The van der Waals surface area contributed by atoms with E-state index in [0.29, 0.717) is 12.8 Å². The number of aliphatic hydroxyl groups is 2. The maximum Gasteiger partial charge on any atom is 0.303 e. The maximum absolute atomic E-state index is 10.3. The highest BCUT2D eigenvalue weighted by Gasteiger charge is 2.39. The number of hydrogen-bond acceptors (Lipinski definition) is 3. The van der Waals surface area contributed by atoms with Crippen molar-refractivity contribution in [3.05, 3.63) is 12.2 Å². The molecule has 4 atom stereocenters. The molecule has 98 valence electrons. The van der Waals surface area contributed by atoms with E-state index in [4.69, 9.17) is 5.11 Å². The monoisotopic (exact) mass is 354 g/mol. The maximum atomic E-state index is 10.3. The van der Waals surface area contributed by atoms with Crippen molar-refractivity contribution in [2.24, 2.45) is 5.92 Å². The average molecular weight is 354 g/mol. The summed E-state index contributed by atoms with van der Waals surface area (Å²) in [7, 11) is 0. The molecule has 0 aromatic rings. The van der Waals surface area contributed by atoms with Gasteiger partial charge in [0, 0.05) is 22.7 Å². The number of hydrogen-bond donors (Lipinski definition) is 3. The lowest BCUT2D eigenvalue weighted by Crippen LogP contribution is -2.21. The van der Waals surface area contributed by atoms with Crippen molar-refractivity contribution < 1.29 is 20.1 Å². The number of carboxylic acid groups (broad SMARTS) is 1. The summed E-state index contributed by atoms with van der Waals surface area (Å²) in [4.78, 5) is 10.3. The summed E-state index contributed by atoms with van der Waals surface area (Å²) in [6.07, 6.45) is 5.93. The fraction of sp³-hybridized carbons (Fsp3) is 0.750. The minimum atomic E-state index is -0.764. The Kier molecular flexibility index (Phi) is 6.43. The van der Waals surface area contributed by atoms with E-state index >= 15 is 0 Å². The van der Waals surface area contributed by atoms with Gasteiger partial charge in [-0.2, -0.15) is 0 Å². The van der Waals surface area contributed by atoms with Gasteiger partial charge in [-0.25, -0.2) is 0 Å². The van der Waals surface area contributed by atoms with Crippen LogP contribution in [0.5, 0.6) is 0 Å². The van der Waals surface area contributed by atoms with Crippen LogP contribution in [0, 0.1) is 5.92 Å². The Morgan fingerprint density at radius 1 is 1.29 bits per heavy atom. The number of carboxylic acids is 1. The SMILES string of the molecule is O=C(O)CCC/C=C\C[C@@H]1[C@@H](I)[C@H](O)C[C@@H]1O. The molecular weight excluding hydrogens is 335 g/mol. The van der Waals surface area contributed by atoms with Gasteiger partial charge in [0.2, 0.25) is 0 Å². The zero-order chi connectivity index (χ0) is 12.8. The van der Waals surface area contributed by atoms with E-state index in [0.717, 1.165) is 12.8 Å². The molecule has 1 aliphatic carbocycles. The second-order valence-electron chi connectivity index (χ2n) is 4.47. The minimum Gasteiger partial charge on any atom is -0.481 e. The lowest BCUT2D eigenvalue weighted by molar-refractivity contribution is -0.137. The van der Waals surface area contributed by atoms with Gasteiger partial charge in [-0.3, -0.25) is 4.79 Å². The Balaban J connectivity index is 2.21. The van der Waals surface area contributed by atoms with Crippen molar-refractivity contribution in [3.8, 4) is 0 Å². The van der Waals surface area contributed by atoms with E-state index in [1.165, 1.54) is 0 Å². The van der Waals surface area contributed by atoms with E-state index in [9.17, 15) is 15.0 Å². The fourth-order valence-corrected chi connectivity index (χ4v) is 3.15. The van der Waals surface area contributed by atoms with Crippen molar-refractivity contribution in [2.75, 3.05) is 0 Å². The molecule has 0 unspecified atom stereocenters. The van der Waals surface area contributed by atoms with Crippen LogP contribution in [0.25, 0.3) is 0 Å². The molecule has 0 aliphatic heterocycles. The fourth-order valence-electron chi connectivity index (χ4n) is 2.08. The summed E-state index contributed by atoms with van der Waals surface area (Å²) in [6, 6.07) is 0.